The summed E-state index contributed by atoms with van der Waals surface area (Å²) in [7, 11) is 0. The van der Waals surface area contributed by atoms with Gasteiger partial charge in [-0.1, -0.05) is 6.07 Å². The van der Waals surface area contributed by atoms with E-state index in [1.54, 1.807) is 6.07 Å². The third-order valence-electron chi connectivity index (χ3n) is 4.23. The molecule has 0 saturated carbocycles. The number of rotatable bonds is 3. The van der Waals surface area contributed by atoms with Gasteiger partial charge in [-0.3, -0.25) is 0 Å². The highest BCUT2D eigenvalue weighted by molar-refractivity contribution is 6.20. The van der Waals surface area contributed by atoms with Gasteiger partial charge >= 0.3 is 0 Å². The molecule has 3 atom stereocenters. The summed E-state index contributed by atoms with van der Waals surface area (Å²) in [5.41, 5.74) is 2.32. The van der Waals surface area contributed by atoms with Gasteiger partial charge < -0.3 is 9.30 Å². The van der Waals surface area contributed by atoms with Gasteiger partial charge in [-0.15, -0.1) is 11.6 Å². The van der Waals surface area contributed by atoms with E-state index in [0.717, 1.165) is 36.4 Å². The van der Waals surface area contributed by atoms with Crippen LogP contribution < -0.4 is 0 Å². The minimum absolute atomic E-state index is 0.193. The first-order valence-electron chi connectivity index (χ1n) is 7.26. The fraction of sp³-hybridized carbons (Fsp3) is 0.500. The molecule has 110 valence electrons. The maximum atomic E-state index is 9.25. The Morgan fingerprint density at radius 2 is 2.38 bits per heavy atom. The summed E-state index contributed by atoms with van der Waals surface area (Å²) in [4.78, 5) is 4.62. The third kappa shape index (κ3) is 2.52. The molecule has 1 aromatic heterocycles. The lowest BCUT2D eigenvalue weighted by atomic mass is 10.0. The Morgan fingerprint density at radius 1 is 1.57 bits per heavy atom. The van der Waals surface area contributed by atoms with Crippen molar-refractivity contribution < 1.29 is 4.74 Å². The molecule has 3 rings (SSSR count). The van der Waals surface area contributed by atoms with E-state index < -0.39 is 0 Å². The number of nitriles is 1. The summed E-state index contributed by atoms with van der Waals surface area (Å²) in [5.74, 6) is 1.29. The summed E-state index contributed by atoms with van der Waals surface area (Å²) in [5, 5.41) is 9.06. The van der Waals surface area contributed by atoms with Crippen LogP contribution in [0.5, 0.6) is 0 Å². The number of para-hydroxylation sites is 1. The number of fused-ring (bicyclic) bond motifs is 1. The first-order chi connectivity index (χ1) is 10.1. The summed E-state index contributed by atoms with van der Waals surface area (Å²) >= 11 is 6.30. The molecule has 0 amide bonds. The molecule has 5 heteroatoms. The fourth-order valence-corrected chi connectivity index (χ4v) is 3.17. The highest BCUT2D eigenvalue weighted by Crippen LogP contribution is 2.30. The van der Waals surface area contributed by atoms with Crippen LogP contribution in [0.4, 0.5) is 0 Å². The molecule has 1 saturated heterocycles. The van der Waals surface area contributed by atoms with E-state index >= 15 is 0 Å². The van der Waals surface area contributed by atoms with Gasteiger partial charge in [0.15, 0.2) is 0 Å². The zero-order valence-corrected chi connectivity index (χ0v) is 13.0. The van der Waals surface area contributed by atoms with E-state index in [0.29, 0.717) is 11.5 Å². The largest absolute Gasteiger partial charge is 0.378 e. The molecule has 0 spiro atoms. The first-order valence-corrected chi connectivity index (χ1v) is 7.70. The van der Waals surface area contributed by atoms with Crippen molar-refractivity contribution in [1.82, 2.24) is 9.55 Å². The van der Waals surface area contributed by atoms with Crippen molar-refractivity contribution in [3.8, 4) is 6.07 Å². The Labute approximate surface area is 129 Å². The molecule has 21 heavy (non-hydrogen) atoms. The number of hydrogen-bond acceptors (Lipinski definition) is 3. The Balaban J connectivity index is 2.11. The Kier molecular flexibility index (Phi) is 3.88. The summed E-state index contributed by atoms with van der Waals surface area (Å²) < 4.78 is 7.81. The summed E-state index contributed by atoms with van der Waals surface area (Å²) in [6.45, 7) is 5.67. The van der Waals surface area contributed by atoms with Crippen molar-refractivity contribution in [3.63, 3.8) is 0 Å². The maximum Gasteiger partial charge on any atom is 0.127 e. The molecule has 4 nitrogen and oxygen atoms in total. The van der Waals surface area contributed by atoms with Gasteiger partial charge in [-0.05, 0) is 32.4 Å². The summed E-state index contributed by atoms with van der Waals surface area (Å²) in [6.07, 6.45) is 1.30. The second kappa shape index (κ2) is 5.67. The smallest absolute Gasteiger partial charge is 0.127 e. The standard InChI is InChI=1S/C16H18ClN3O/c1-10(17)16-19-15-12(8-18)4-3-5-14(15)20(16)9-13-6-7-21-11(13)2/h3-5,10-11,13H,6-7,9H2,1-2H3. The van der Waals surface area contributed by atoms with Gasteiger partial charge in [0.25, 0.3) is 0 Å². The number of hydrogen-bond donors (Lipinski definition) is 0. The van der Waals surface area contributed by atoms with Crippen molar-refractivity contribution in [1.29, 1.82) is 5.26 Å². The zero-order chi connectivity index (χ0) is 15.0. The molecule has 2 heterocycles. The Bertz CT molecular complexity index is 701. The second-order valence-electron chi connectivity index (χ2n) is 5.61. The average Bonchev–Trinajstić information content (AvgIpc) is 3.04. The molecule has 2 aromatic rings. The number of ether oxygens (including phenoxy) is 1. The molecule has 1 aromatic carbocycles. The quantitative estimate of drug-likeness (QED) is 0.814. The monoisotopic (exact) mass is 303 g/mol. The predicted octanol–water partition coefficient (Wildman–Crippen LogP) is 3.63. The van der Waals surface area contributed by atoms with E-state index in [-0.39, 0.29) is 11.5 Å². The normalized spacial score (nSPS) is 23.3. The molecular formula is C16H18ClN3O. The van der Waals surface area contributed by atoms with E-state index in [9.17, 15) is 5.26 Å². The lowest BCUT2D eigenvalue weighted by molar-refractivity contribution is 0.102. The first kappa shape index (κ1) is 14.4. The predicted molar refractivity (Wildman–Crippen MR) is 82.2 cm³/mol. The number of imidazole rings is 1. The van der Waals surface area contributed by atoms with Crippen LogP contribution in [0.2, 0.25) is 0 Å². The number of aromatic nitrogens is 2. The molecule has 0 N–H and O–H groups in total. The Morgan fingerprint density at radius 3 is 3.00 bits per heavy atom. The zero-order valence-electron chi connectivity index (χ0n) is 12.2. The van der Waals surface area contributed by atoms with Crippen LogP contribution in [0, 0.1) is 17.2 Å². The molecule has 1 aliphatic rings. The molecule has 1 fully saturated rings. The minimum Gasteiger partial charge on any atom is -0.378 e. The highest BCUT2D eigenvalue weighted by Gasteiger charge is 2.27. The van der Waals surface area contributed by atoms with E-state index in [4.69, 9.17) is 16.3 Å². The molecule has 3 unspecified atom stereocenters. The van der Waals surface area contributed by atoms with Crippen LogP contribution >= 0.6 is 11.6 Å². The molecule has 0 aliphatic carbocycles. The fourth-order valence-electron chi connectivity index (χ4n) is 3.00. The van der Waals surface area contributed by atoms with Crippen LogP contribution in [0.1, 0.15) is 37.0 Å². The van der Waals surface area contributed by atoms with Crippen molar-refractivity contribution in [2.45, 2.75) is 38.3 Å². The highest BCUT2D eigenvalue weighted by atomic mass is 35.5. The number of halogens is 1. The van der Waals surface area contributed by atoms with Gasteiger partial charge in [0.1, 0.15) is 17.4 Å². The lowest BCUT2D eigenvalue weighted by Gasteiger charge is -2.18. The maximum absolute atomic E-state index is 9.25. The van der Waals surface area contributed by atoms with Crippen molar-refractivity contribution >= 4 is 22.6 Å². The van der Waals surface area contributed by atoms with Crippen LogP contribution in [0.3, 0.4) is 0 Å². The van der Waals surface area contributed by atoms with Crippen LogP contribution in [0.15, 0.2) is 18.2 Å². The SMILES string of the molecule is CC(Cl)c1nc2c(C#N)cccc2n1CC1CCOC1C. The number of nitrogens with zero attached hydrogens (tertiary/aromatic N) is 3. The van der Waals surface area contributed by atoms with Crippen molar-refractivity contribution in [2.24, 2.45) is 5.92 Å². The number of benzene rings is 1. The average molecular weight is 304 g/mol. The molecule has 0 radical (unpaired) electrons. The second-order valence-corrected chi connectivity index (χ2v) is 6.26. The van der Waals surface area contributed by atoms with E-state index in [2.05, 4.69) is 22.5 Å². The van der Waals surface area contributed by atoms with Gasteiger partial charge in [0, 0.05) is 19.1 Å². The van der Waals surface area contributed by atoms with Crippen LogP contribution in [0.25, 0.3) is 11.0 Å². The van der Waals surface area contributed by atoms with Crippen molar-refractivity contribution in [2.75, 3.05) is 6.61 Å². The van der Waals surface area contributed by atoms with Gasteiger partial charge in [0.05, 0.1) is 22.6 Å². The van der Waals surface area contributed by atoms with Gasteiger partial charge in [-0.25, -0.2) is 4.98 Å². The lowest BCUT2D eigenvalue weighted by Crippen LogP contribution is -2.19. The molecular weight excluding hydrogens is 286 g/mol. The summed E-state index contributed by atoms with van der Waals surface area (Å²) in [6, 6.07) is 7.91. The van der Waals surface area contributed by atoms with Gasteiger partial charge in [-0.2, -0.15) is 5.26 Å². The minimum atomic E-state index is -0.193. The van der Waals surface area contributed by atoms with Crippen molar-refractivity contribution in [3.05, 3.63) is 29.6 Å². The third-order valence-corrected chi connectivity index (χ3v) is 4.43. The van der Waals surface area contributed by atoms with Gasteiger partial charge in [0.2, 0.25) is 0 Å². The molecule has 1 aliphatic heterocycles. The van der Waals surface area contributed by atoms with E-state index in [1.165, 1.54) is 0 Å². The molecule has 0 bridgehead atoms. The topological polar surface area (TPSA) is 50.8 Å². The van der Waals surface area contributed by atoms with Crippen LogP contribution in [-0.2, 0) is 11.3 Å². The van der Waals surface area contributed by atoms with E-state index in [1.807, 2.05) is 19.1 Å². The van der Waals surface area contributed by atoms with Crippen LogP contribution in [-0.4, -0.2) is 22.3 Å². The number of alkyl halides is 1. The Hall–Kier alpha value is -1.57.